The average Bonchev–Trinajstić information content (AvgIpc) is 2.50. The van der Waals surface area contributed by atoms with Gasteiger partial charge < -0.3 is 9.47 Å². The summed E-state index contributed by atoms with van der Waals surface area (Å²) in [5.74, 6) is 3.24. The Hall–Kier alpha value is -1.48. The van der Waals surface area contributed by atoms with E-state index in [0.717, 1.165) is 35.6 Å². The Bertz CT molecular complexity index is 511. The molecule has 0 amide bonds. The summed E-state index contributed by atoms with van der Waals surface area (Å²) in [5, 5.41) is 1.06. The number of rotatable bonds is 8. The van der Waals surface area contributed by atoms with Gasteiger partial charge in [0, 0.05) is 5.33 Å². The van der Waals surface area contributed by atoms with E-state index < -0.39 is 0 Å². The van der Waals surface area contributed by atoms with E-state index in [4.69, 9.17) is 9.47 Å². The summed E-state index contributed by atoms with van der Waals surface area (Å²) < 4.78 is 11.5. The number of hydrogen-bond donors (Lipinski definition) is 0. The van der Waals surface area contributed by atoms with Crippen LogP contribution in [0.1, 0.15) is 19.8 Å². The van der Waals surface area contributed by atoms with Crippen LogP contribution in [0.2, 0.25) is 0 Å². The Morgan fingerprint density at radius 2 is 1.48 bits per heavy atom. The van der Waals surface area contributed by atoms with Crippen molar-refractivity contribution >= 4 is 15.9 Å². The summed E-state index contributed by atoms with van der Waals surface area (Å²) in [7, 11) is 0. The summed E-state index contributed by atoms with van der Waals surface area (Å²) in [5.41, 5.74) is 0. The van der Waals surface area contributed by atoms with Gasteiger partial charge in [0.25, 0.3) is 0 Å². The Morgan fingerprint density at radius 1 is 0.857 bits per heavy atom. The molecule has 0 bridgehead atoms. The van der Waals surface area contributed by atoms with Crippen molar-refractivity contribution in [3.63, 3.8) is 0 Å². The number of ether oxygens (including phenoxy) is 2. The van der Waals surface area contributed by atoms with E-state index in [0.29, 0.717) is 5.92 Å². The highest BCUT2D eigenvalue weighted by molar-refractivity contribution is 9.09. The molecule has 0 radical (unpaired) electrons. The molecule has 0 fully saturated rings. The fraction of sp³-hybridized carbons (Fsp3) is 0.333. The Morgan fingerprint density at radius 3 is 2.14 bits per heavy atom. The Labute approximate surface area is 135 Å². The van der Waals surface area contributed by atoms with Gasteiger partial charge in [-0.15, -0.1) is 0 Å². The van der Waals surface area contributed by atoms with Gasteiger partial charge >= 0.3 is 0 Å². The van der Waals surface area contributed by atoms with Gasteiger partial charge in [0.05, 0.1) is 6.61 Å². The van der Waals surface area contributed by atoms with Crippen molar-refractivity contribution in [1.82, 2.24) is 0 Å². The molecule has 0 spiro atoms. The smallest absolute Gasteiger partial charge is 0.127 e. The predicted molar refractivity (Wildman–Crippen MR) is 90.6 cm³/mol. The van der Waals surface area contributed by atoms with E-state index in [9.17, 15) is 0 Å². The molecule has 0 saturated carbocycles. The van der Waals surface area contributed by atoms with Gasteiger partial charge in [-0.2, -0.15) is 0 Å². The van der Waals surface area contributed by atoms with Crippen LogP contribution in [0.15, 0.2) is 54.6 Å². The first-order valence-corrected chi connectivity index (χ1v) is 8.42. The lowest BCUT2D eigenvalue weighted by Crippen LogP contribution is -2.04. The first-order valence-electron chi connectivity index (χ1n) is 7.29. The molecule has 0 aliphatic rings. The first kappa shape index (κ1) is 15.9. The normalized spacial score (nSPS) is 11.9. The van der Waals surface area contributed by atoms with Gasteiger partial charge in [0.2, 0.25) is 0 Å². The number of alkyl halides is 1. The minimum atomic E-state index is 0.685. The molecule has 0 aliphatic carbocycles. The third-order valence-corrected chi connectivity index (χ3v) is 3.74. The maximum atomic E-state index is 5.76. The standard InChI is InChI=1S/C18H21BrO2/c1-15(11-13-19)12-14-20-16-7-9-18(10-8-16)21-17-5-3-2-4-6-17/h2-10,15H,11-14H2,1H3. The zero-order chi connectivity index (χ0) is 14.9. The van der Waals surface area contributed by atoms with E-state index in [1.807, 2.05) is 54.6 Å². The van der Waals surface area contributed by atoms with Crippen molar-refractivity contribution in [2.75, 3.05) is 11.9 Å². The highest BCUT2D eigenvalue weighted by Gasteiger charge is 2.02. The zero-order valence-electron chi connectivity index (χ0n) is 12.3. The van der Waals surface area contributed by atoms with Crippen LogP contribution in [0.3, 0.4) is 0 Å². The third-order valence-electron chi connectivity index (χ3n) is 3.28. The number of hydrogen-bond acceptors (Lipinski definition) is 2. The zero-order valence-corrected chi connectivity index (χ0v) is 13.9. The molecule has 2 rings (SSSR count). The quantitative estimate of drug-likeness (QED) is 0.572. The molecule has 1 atom stereocenters. The molecule has 21 heavy (non-hydrogen) atoms. The van der Waals surface area contributed by atoms with Gasteiger partial charge in [-0.05, 0) is 55.2 Å². The number of para-hydroxylation sites is 1. The molecule has 2 aromatic rings. The van der Waals surface area contributed by atoms with Crippen LogP contribution in [0, 0.1) is 5.92 Å². The number of benzene rings is 2. The highest BCUT2D eigenvalue weighted by atomic mass is 79.9. The lowest BCUT2D eigenvalue weighted by atomic mass is 10.1. The Kier molecular flexibility index (Phi) is 6.61. The van der Waals surface area contributed by atoms with Crippen molar-refractivity contribution in [2.45, 2.75) is 19.8 Å². The first-order chi connectivity index (χ1) is 10.3. The van der Waals surface area contributed by atoms with Crippen molar-refractivity contribution in [3.8, 4) is 17.2 Å². The molecule has 0 aliphatic heterocycles. The van der Waals surface area contributed by atoms with E-state index in [2.05, 4.69) is 22.9 Å². The topological polar surface area (TPSA) is 18.5 Å². The molecule has 0 heterocycles. The molecule has 0 N–H and O–H groups in total. The lowest BCUT2D eigenvalue weighted by molar-refractivity contribution is 0.282. The molecule has 2 aromatic carbocycles. The fourth-order valence-corrected chi connectivity index (χ4v) is 2.72. The van der Waals surface area contributed by atoms with Gasteiger partial charge in [-0.25, -0.2) is 0 Å². The molecule has 3 heteroatoms. The molecule has 0 saturated heterocycles. The lowest BCUT2D eigenvalue weighted by Gasteiger charge is -2.11. The second-order valence-corrected chi connectivity index (χ2v) is 5.90. The Balaban J connectivity index is 1.79. The minimum Gasteiger partial charge on any atom is -0.494 e. The highest BCUT2D eigenvalue weighted by Crippen LogP contribution is 2.23. The second-order valence-electron chi connectivity index (χ2n) is 5.11. The van der Waals surface area contributed by atoms with Crippen molar-refractivity contribution in [2.24, 2.45) is 5.92 Å². The van der Waals surface area contributed by atoms with Crippen molar-refractivity contribution < 1.29 is 9.47 Å². The van der Waals surface area contributed by atoms with Crippen LogP contribution in [0.4, 0.5) is 0 Å². The number of halogens is 1. The van der Waals surface area contributed by atoms with Crippen LogP contribution in [0.25, 0.3) is 0 Å². The van der Waals surface area contributed by atoms with Crippen LogP contribution >= 0.6 is 15.9 Å². The van der Waals surface area contributed by atoms with E-state index in [1.165, 1.54) is 6.42 Å². The van der Waals surface area contributed by atoms with Gasteiger partial charge in [-0.3, -0.25) is 0 Å². The fourth-order valence-electron chi connectivity index (χ4n) is 1.94. The molecular formula is C18H21BrO2. The molecule has 112 valence electrons. The third kappa shape index (κ3) is 5.80. The molecular weight excluding hydrogens is 328 g/mol. The molecule has 1 unspecified atom stereocenters. The van der Waals surface area contributed by atoms with Gasteiger partial charge in [0.1, 0.15) is 17.2 Å². The average molecular weight is 349 g/mol. The van der Waals surface area contributed by atoms with Crippen LogP contribution < -0.4 is 9.47 Å². The summed E-state index contributed by atoms with van der Waals surface area (Å²) in [4.78, 5) is 0. The van der Waals surface area contributed by atoms with Crippen molar-refractivity contribution in [1.29, 1.82) is 0 Å². The maximum absolute atomic E-state index is 5.76. The van der Waals surface area contributed by atoms with E-state index in [-0.39, 0.29) is 0 Å². The van der Waals surface area contributed by atoms with E-state index in [1.54, 1.807) is 0 Å². The summed E-state index contributed by atoms with van der Waals surface area (Å²) in [6, 6.07) is 17.5. The largest absolute Gasteiger partial charge is 0.494 e. The SMILES string of the molecule is CC(CCBr)CCOc1ccc(Oc2ccccc2)cc1. The second kappa shape index (κ2) is 8.73. The van der Waals surface area contributed by atoms with Crippen LogP contribution in [0.5, 0.6) is 17.2 Å². The summed E-state index contributed by atoms with van der Waals surface area (Å²) >= 11 is 3.47. The van der Waals surface area contributed by atoms with E-state index >= 15 is 0 Å². The van der Waals surface area contributed by atoms with Crippen molar-refractivity contribution in [3.05, 3.63) is 54.6 Å². The van der Waals surface area contributed by atoms with Gasteiger partial charge in [0.15, 0.2) is 0 Å². The monoisotopic (exact) mass is 348 g/mol. The summed E-state index contributed by atoms with van der Waals surface area (Å²) in [6.45, 7) is 3.01. The predicted octanol–water partition coefficient (Wildman–Crippen LogP) is 5.67. The van der Waals surface area contributed by atoms with Gasteiger partial charge in [-0.1, -0.05) is 41.1 Å². The maximum Gasteiger partial charge on any atom is 0.127 e. The minimum absolute atomic E-state index is 0.685. The summed E-state index contributed by atoms with van der Waals surface area (Å²) in [6.07, 6.45) is 2.26. The van der Waals surface area contributed by atoms with Crippen LogP contribution in [-0.4, -0.2) is 11.9 Å². The van der Waals surface area contributed by atoms with Crippen LogP contribution in [-0.2, 0) is 0 Å². The molecule has 2 nitrogen and oxygen atoms in total. The molecule has 0 aromatic heterocycles.